The second kappa shape index (κ2) is 5.69. The van der Waals surface area contributed by atoms with Crippen molar-refractivity contribution in [3.05, 3.63) is 53.4 Å². The maximum Gasteiger partial charge on any atom is 0.160 e. The van der Waals surface area contributed by atoms with Crippen LogP contribution in [0.3, 0.4) is 0 Å². The molecular weight excluding hydrogens is 264 g/mol. The summed E-state index contributed by atoms with van der Waals surface area (Å²) in [6, 6.07) is 8.29. The second-order valence-electron chi connectivity index (χ2n) is 5.34. The SMILES string of the molecule is Cc1cc(C(C)NCCc2nnc3ccccn23)c(C)o1. The Bertz CT molecular complexity index is 744. The molecule has 3 heterocycles. The number of aromatic nitrogens is 3. The largest absolute Gasteiger partial charge is 0.466 e. The number of nitrogens with one attached hydrogen (secondary N) is 1. The molecule has 0 aliphatic rings. The van der Waals surface area contributed by atoms with E-state index < -0.39 is 0 Å². The molecule has 1 unspecified atom stereocenters. The molecule has 0 bridgehead atoms. The van der Waals surface area contributed by atoms with E-state index in [2.05, 4.69) is 28.5 Å². The van der Waals surface area contributed by atoms with Crippen LogP contribution in [-0.2, 0) is 6.42 Å². The van der Waals surface area contributed by atoms with Gasteiger partial charge in [0.2, 0.25) is 0 Å². The number of furan rings is 1. The first-order valence-electron chi connectivity index (χ1n) is 7.24. The lowest BCUT2D eigenvalue weighted by Crippen LogP contribution is -2.22. The molecule has 0 fully saturated rings. The summed E-state index contributed by atoms with van der Waals surface area (Å²) in [6.07, 6.45) is 2.84. The molecule has 3 aromatic heterocycles. The summed E-state index contributed by atoms with van der Waals surface area (Å²) in [5.74, 6) is 2.92. The summed E-state index contributed by atoms with van der Waals surface area (Å²) in [4.78, 5) is 0. The first-order valence-corrected chi connectivity index (χ1v) is 7.24. The lowest BCUT2D eigenvalue weighted by atomic mass is 10.1. The van der Waals surface area contributed by atoms with Crippen LogP contribution in [0.1, 0.15) is 35.9 Å². The smallest absolute Gasteiger partial charge is 0.160 e. The molecule has 0 spiro atoms. The van der Waals surface area contributed by atoms with Crippen LogP contribution < -0.4 is 5.32 Å². The van der Waals surface area contributed by atoms with Crippen molar-refractivity contribution in [2.45, 2.75) is 33.2 Å². The van der Waals surface area contributed by atoms with E-state index in [-0.39, 0.29) is 6.04 Å². The average molecular weight is 284 g/mol. The Morgan fingerprint density at radius 1 is 1.29 bits per heavy atom. The summed E-state index contributed by atoms with van der Waals surface area (Å²) in [5.41, 5.74) is 2.11. The zero-order valence-corrected chi connectivity index (χ0v) is 12.6. The van der Waals surface area contributed by atoms with Crippen molar-refractivity contribution >= 4 is 5.65 Å². The first-order chi connectivity index (χ1) is 10.1. The minimum Gasteiger partial charge on any atom is -0.466 e. The van der Waals surface area contributed by atoms with Crippen molar-refractivity contribution in [3.63, 3.8) is 0 Å². The molecule has 5 heteroatoms. The number of aryl methyl sites for hydroxylation is 2. The number of pyridine rings is 1. The molecule has 3 rings (SSSR count). The standard InChI is InChI=1S/C16H20N4O/c1-11-10-14(13(3)21-11)12(2)17-8-7-16-19-18-15-6-4-5-9-20(15)16/h4-6,9-10,12,17H,7-8H2,1-3H3. The van der Waals surface area contributed by atoms with Gasteiger partial charge in [-0.15, -0.1) is 10.2 Å². The molecule has 0 saturated heterocycles. The van der Waals surface area contributed by atoms with E-state index in [1.807, 2.05) is 42.6 Å². The van der Waals surface area contributed by atoms with Crippen molar-refractivity contribution in [1.29, 1.82) is 0 Å². The molecule has 0 aromatic carbocycles. The van der Waals surface area contributed by atoms with Crippen LogP contribution in [0.4, 0.5) is 0 Å². The van der Waals surface area contributed by atoms with Gasteiger partial charge in [0.05, 0.1) is 0 Å². The van der Waals surface area contributed by atoms with E-state index in [0.717, 1.165) is 36.0 Å². The van der Waals surface area contributed by atoms with Gasteiger partial charge in [-0.2, -0.15) is 0 Å². The average Bonchev–Trinajstić information content (AvgIpc) is 3.02. The van der Waals surface area contributed by atoms with Crippen LogP contribution in [0.25, 0.3) is 5.65 Å². The van der Waals surface area contributed by atoms with E-state index in [9.17, 15) is 0 Å². The van der Waals surface area contributed by atoms with Crippen molar-refractivity contribution in [2.24, 2.45) is 0 Å². The van der Waals surface area contributed by atoms with E-state index in [1.54, 1.807) is 0 Å². The molecule has 0 aliphatic carbocycles. The number of hydrogen-bond acceptors (Lipinski definition) is 4. The van der Waals surface area contributed by atoms with Gasteiger partial charge >= 0.3 is 0 Å². The maximum absolute atomic E-state index is 5.58. The molecule has 0 aliphatic heterocycles. The quantitative estimate of drug-likeness (QED) is 0.782. The Labute approximate surface area is 124 Å². The monoisotopic (exact) mass is 284 g/mol. The van der Waals surface area contributed by atoms with Gasteiger partial charge < -0.3 is 9.73 Å². The van der Waals surface area contributed by atoms with Crippen LogP contribution in [-0.4, -0.2) is 21.1 Å². The Morgan fingerprint density at radius 2 is 2.14 bits per heavy atom. The van der Waals surface area contributed by atoms with Gasteiger partial charge in [-0.05, 0) is 39.0 Å². The number of rotatable bonds is 5. The second-order valence-corrected chi connectivity index (χ2v) is 5.34. The topological polar surface area (TPSA) is 55.4 Å². The number of hydrogen-bond donors (Lipinski definition) is 1. The van der Waals surface area contributed by atoms with Crippen LogP contribution >= 0.6 is 0 Å². The molecule has 110 valence electrons. The van der Waals surface area contributed by atoms with Crippen molar-refractivity contribution in [3.8, 4) is 0 Å². The lowest BCUT2D eigenvalue weighted by Gasteiger charge is -2.12. The molecule has 1 atom stereocenters. The minimum absolute atomic E-state index is 0.265. The first kappa shape index (κ1) is 13.8. The van der Waals surface area contributed by atoms with Crippen molar-refractivity contribution in [2.75, 3.05) is 6.54 Å². The Morgan fingerprint density at radius 3 is 2.90 bits per heavy atom. The molecule has 1 N–H and O–H groups in total. The summed E-state index contributed by atoms with van der Waals surface area (Å²) < 4.78 is 7.61. The highest BCUT2D eigenvalue weighted by atomic mass is 16.3. The Balaban J connectivity index is 1.62. The summed E-state index contributed by atoms with van der Waals surface area (Å²) in [7, 11) is 0. The van der Waals surface area contributed by atoms with Crippen molar-refractivity contribution in [1.82, 2.24) is 19.9 Å². The fourth-order valence-electron chi connectivity index (χ4n) is 2.65. The van der Waals surface area contributed by atoms with Gasteiger partial charge in [-0.3, -0.25) is 4.40 Å². The lowest BCUT2D eigenvalue weighted by molar-refractivity contribution is 0.490. The molecule has 5 nitrogen and oxygen atoms in total. The van der Waals surface area contributed by atoms with Gasteiger partial charge in [0, 0.05) is 30.8 Å². The molecule has 0 radical (unpaired) electrons. The highest BCUT2D eigenvalue weighted by Crippen LogP contribution is 2.20. The minimum atomic E-state index is 0.265. The summed E-state index contributed by atoms with van der Waals surface area (Å²) in [6.45, 7) is 6.98. The van der Waals surface area contributed by atoms with Gasteiger partial charge in [-0.1, -0.05) is 6.07 Å². The van der Waals surface area contributed by atoms with E-state index >= 15 is 0 Å². The predicted molar refractivity (Wildman–Crippen MR) is 81.3 cm³/mol. The Kier molecular flexibility index (Phi) is 3.75. The zero-order chi connectivity index (χ0) is 14.8. The highest BCUT2D eigenvalue weighted by molar-refractivity contribution is 5.37. The van der Waals surface area contributed by atoms with Gasteiger partial charge in [0.25, 0.3) is 0 Å². The summed E-state index contributed by atoms with van der Waals surface area (Å²) >= 11 is 0. The van der Waals surface area contributed by atoms with Crippen LogP contribution in [0.5, 0.6) is 0 Å². The van der Waals surface area contributed by atoms with Gasteiger partial charge in [0.1, 0.15) is 17.3 Å². The maximum atomic E-state index is 5.58. The fourth-order valence-corrected chi connectivity index (χ4v) is 2.65. The number of nitrogens with zero attached hydrogens (tertiary/aromatic N) is 3. The third-order valence-electron chi connectivity index (χ3n) is 3.73. The third kappa shape index (κ3) is 2.83. The molecule has 0 saturated carbocycles. The van der Waals surface area contributed by atoms with Crippen molar-refractivity contribution < 1.29 is 4.42 Å². The van der Waals surface area contributed by atoms with E-state index in [0.29, 0.717) is 0 Å². The molecule has 3 aromatic rings. The fraction of sp³-hybridized carbons (Fsp3) is 0.375. The van der Waals surface area contributed by atoms with Gasteiger partial charge in [0.15, 0.2) is 5.65 Å². The van der Waals surface area contributed by atoms with Gasteiger partial charge in [-0.25, -0.2) is 0 Å². The van der Waals surface area contributed by atoms with Crippen LogP contribution in [0.15, 0.2) is 34.9 Å². The zero-order valence-electron chi connectivity index (χ0n) is 12.6. The normalized spacial score (nSPS) is 12.9. The Hall–Kier alpha value is -2.14. The van der Waals surface area contributed by atoms with E-state index in [4.69, 9.17) is 4.42 Å². The molecule has 0 amide bonds. The third-order valence-corrected chi connectivity index (χ3v) is 3.73. The predicted octanol–water partition coefficient (Wildman–Crippen LogP) is 2.83. The van der Waals surface area contributed by atoms with Crippen LogP contribution in [0, 0.1) is 13.8 Å². The van der Waals surface area contributed by atoms with Crippen LogP contribution in [0.2, 0.25) is 0 Å². The number of fused-ring (bicyclic) bond motifs is 1. The summed E-state index contributed by atoms with van der Waals surface area (Å²) in [5, 5.41) is 11.9. The highest BCUT2D eigenvalue weighted by Gasteiger charge is 2.12. The molecular formula is C16H20N4O. The van der Waals surface area contributed by atoms with E-state index in [1.165, 1.54) is 5.56 Å². The molecule has 21 heavy (non-hydrogen) atoms.